The highest BCUT2D eigenvalue weighted by Gasteiger charge is 2.39. The van der Waals surface area contributed by atoms with Gasteiger partial charge in [0.25, 0.3) is 0 Å². The van der Waals surface area contributed by atoms with Crippen LogP contribution in [-0.2, 0) is 22.4 Å². The second-order valence-electron chi connectivity index (χ2n) is 5.65. The number of carbonyl (C=O) groups excluding carboxylic acids is 1. The Bertz CT molecular complexity index is 576. The van der Waals surface area contributed by atoms with Crippen molar-refractivity contribution in [2.45, 2.75) is 38.4 Å². The van der Waals surface area contributed by atoms with E-state index in [1.807, 2.05) is 11.4 Å². The standard InChI is InChI=1S/C17H24F3NO4/c1-11(21-16(22)17(18,19)20)8-13-10-14(24-3)12(6-5-7-23-2)9-15(13)25-4/h9-11H,5-8H2,1-4H3,(H,21,22)/t11-/m1/s1. The molecule has 0 aliphatic heterocycles. The third kappa shape index (κ3) is 6.45. The van der Waals surface area contributed by atoms with Crippen LogP contribution >= 0.6 is 0 Å². The summed E-state index contributed by atoms with van der Waals surface area (Å²) in [6.07, 6.45) is -3.21. The van der Waals surface area contributed by atoms with E-state index >= 15 is 0 Å². The zero-order valence-corrected chi connectivity index (χ0v) is 14.8. The molecule has 5 nitrogen and oxygen atoms in total. The molecule has 1 N–H and O–H groups in total. The normalized spacial score (nSPS) is 12.6. The second kappa shape index (κ2) is 9.50. The molecule has 0 heterocycles. The lowest BCUT2D eigenvalue weighted by atomic mass is 10.0. The van der Waals surface area contributed by atoms with Crippen molar-refractivity contribution in [3.63, 3.8) is 0 Å². The predicted molar refractivity (Wildman–Crippen MR) is 87.1 cm³/mol. The Kier molecular flexibility index (Phi) is 8.02. The average Bonchev–Trinajstić information content (AvgIpc) is 2.54. The number of methoxy groups -OCH3 is 3. The summed E-state index contributed by atoms with van der Waals surface area (Å²) in [6, 6.07) is 2.83. The maximum Gasteiger partial charge on any atom is 0.471 e. The van der Waals surface area contributed by atoms with Gasteiger partial charge in [0, 0.05) is 19.8 Å². The molecule has 0 fully saturated rings. The monoisotopic (exact) mass is 363 g/mol. The highest BCUT2D eigenvalue weighted by atomic mass is 19.4. The van der Waals surface area contributed by atoms with Crippen LogP contribution in [0.15, 0.2) is 12.1 Å². The van der Waals surface area contributed by atoms with Crippen molar-refractivity contribution in [1.29, 1.82) is 0 Å². The Balaban J connectivity index is 2.93. The summed E-state index contributed by atoms with van der Waals surface area (Å²) >= 11 is 0. The molecule has 25 heavy (non-hydrogen) atoms. The summed E-state index contributed by atoms with van der Waals surface area (Å²) in [5.74, 6) is -0.787. The highest BCUT2D eigenvalue weighted by Crippen LogP contribution is 2.31. The van der Waals surface area contributed by atoms with Crippen molar-refractivity contribution in [2.24, 2.45) is 0 Å². The van der Waals surface area contributed by atoms with Gasteiger partial charge in [-0.05, 0) is 49.4 Å². The molecule has 0 aliphatic carbocycles. The highest BCUT2D eigenvalue weighted by molar-refractivity contribution is 5.81. The van der Waals surface area contributed by atoms with Gasteiger partial charge in [0.2, 0.25) is 0 Å². The number of alkyl halides is 3. The minimum Gasteiger partial charge on any atom is -0.496 e. The van der Waals surface area contributed by atoms with E-state index in [9.17, 15) is 18.0 Å². The fourth-order valence-electron chi connectivity index (χ4n) is 2.47. The van der Waals surface area contributed by atoms with Crippen LogP contribution in [0.4, 0.5) is 13.2 Å². The molecular formula is C17H24F3NO4. The van der Waals surface area contributed by atoms with Gasteiger partial charge < -0.3 is 19.5 Å². The molecule has 142 valence electrons. The first-order valence-electron chi connectivity index (χ1n) is 7.83. The van der Waals surface area contributed by atoms with E-state index in [0.29, 0.717) is 30.1 Å². The van der Waals surface area contributed by atoms with Gasteiger partial charge in [-0.2, -0.15) is 13.2 Å². The van der Waals surface area contributed by atoms with Crippen LogP contribution in [0.3, 0.4) is 0 Å². The van der Waals surface area contributed by atoms with E-state index in [-0.39, 0.29) is 6.42 Å². The molecule has 0 bridgehead atoms. The van der Waals surface area contributed by atoms with Crippen LogP contribution in [0.5, 0.6) is 11.5 Å². The van der Waals surface area contributed by atoms with Crippen LogP contribution in [-0.4, -0.2) is 46.1 Å². The first kappa shape index (κ1) is 21.1. The molecular weight excluding hydrogens is 339 g/mol. The fourth-order valence-corrected chi connectivity index (χ4v) is 2.47. The average molecular weight is 363 g/mol. The molecule has 1 aromatic rings. The van der Waals surface area contributed by atoms with Crippen LogP contribution in [0.1, 0.15) is 24.5 Å². The molecule has 0 saturated carbocycles. The van der Waals surface area contributed by atoms with E-state index < -0.39 is 18.1 Å². The number of ether oxygens (including phenoxy) is 3. The Hall–Kier alpha value is -1.96. The minimum absolute atomic E-state index is 0.180. The summed E-state index contributed by atoms with van der Waals surface area (Å²) < 4.78 is 52.8. The van der Waals surface area contributed by atoms with E-state index in [1.54, 1.807) is 13.2 Å². The molecule has 0 aromatic heterocycles. The van der Waals surface area contributed by atoms with Gasteiger partial charge >= 0.3 is 12.1 Å². The molecule has 1 rings (SSSR count). The van der Waals surface area contributed by atoms with Gasteiger partial charge in [-0.15, -0.1) is 0 Å². The summed E-state index contributed by atoms with van der Waals surface area (Å²) in [5.41, 5.74) is 1.58. The molecule has 0 saturated heterocycles. The molecule has 0 spiro atoms. The van der Waals surface area contributed by atoms with Gasteiger partial charge in [0.1, 0.15) is 11.5 Å². The number of rotatable bonds is 9. The van der Waals surface area contributed by atoms with Gasteiger partial charge in [-0.3, -0.25) is 4.79 Å². The first-order chi connectivity index (χ1) is 11.7. The number of hydrogen-bond acceptors (Lipinski definition) is 4. The summed E-state index contributed by atoms with van der Waals surface area (Å²) in [4.78, 5) is 11.0. The summed E-state index contributed by atoms with van der Waals surface area (Å²) in [5, 5.41) is 1.94. The fraction of sp³-hybridized carbons (Fsp3) is 0.588. The molecule has 1 amide bonds. The van der Waals surface area contributed by atoms with Gasteiger partial charge in [0.15, 0.2) is 0 Å². The van der Waals surface area contributed by atoms with E-state index in [0.717, 1.165) is 12.0 Å². The largest absolute Gasteiger partial charge is 0.496 e. The van der Waals surface area contributed by atoms with Crippen LogP contribution in [0, 0.1) is 0 Å². The quantitative estimate of drug-likeness (QED) is 0.686. The lowest BCUT2D eigenvalue weighted by Gasteiger charge is -2.19. The number of carbonyl (C=O) groups is 1. The maximum atomic E-state index is 12.3. The lowest BCUT2D eigenvalue weighted by Crippen LogP contribution is -2.42. The van der Waals surface area contributed by atoms with Gasteiger partial charge in [-0.1, -0.05) is 0 Å². The van der Waals surface area contributed by atoms with E-state index in [2.05, 4.69) is 0 Å². The van der Waals surface area contributed by atoms with Crippen LogP contribution in [0.2, 0.25) is 0 Å². The number of amides is 1. The Labute approximate surface area is 145 Å². The molecule has 0 unspecified atom stereocenters. The number of hydrogen-bond donors (Lipinski definition) is 1. The van der Waals surface area contributed by atoms with E-state index in [4.69, 9.17) is 14.2 Å². The summed E-state index contributed by atoms with van der Waals surface area (Å²) in [7, 11) is 4.64. The van der Waals surface area contributed by atoms with Crippen molar-refractivity contribution in [1.82, 2.24) is 5.32 Å². The van der Waals surface area contributed by atoms with Crippen LogP contribution in [0.25, 0.3) is 0 Å². The lowest BCUT2D eigenvalue weighted by molar-refractivity contribution is -0.174. The molecule has 8 heteroatoms. The van der Waals surface area contributed by atoms with Gasteiger partial charge in [-0.25, -0.2) is 0 Å². The first-order valence-corrected chi connectivity index (χ1v) is 7.83. The summed E-state index contributed by atoms with van der Waals surface area (Å²) in [6.45, 7) is 2.11. The smallest absolute Gasteiger partial charge is 0.471 e. The maximum absolute atomic E-state index is 12.3. The number of nitrogens with one attached hydrogen (secondary N) is 1. The van der Waals surface area contributed by atoms with Crippen molar-refractivity contribution < 1.29 is 32.2 Å². The zero-order chi connectivity index (χ0) is 19.0. The van der Waals surface area contributed by atoms with Gasteiger partial charge in [0.05, 0.1) is 14.2 Å². The Morgan fingerprint density at radius 3 is 2.20 bits per heavy atom. The zero-order valence-electron chi connectivity index (χ0n) is 14.8. The topological polar surface area (TPSA) is 56.8 Å². The third-order valence-electron chi connectivity index (χ3n) is 3.64. The van der Waals surface area contributed by atoms with Crippen LogP contribution < -0.4 is 14.8 Å². The Morgan fingerprint density at radius 2 is 1.68 bits per heavy atom. The molecule has 0 aliphatic rings. The SMILES string of the molecule is COCCCc1cc(OC)c(C[C@@H](C)NC(=O)C(F)(F)F)cc1OC. The van der Waals surface area contributed by atoms with Crippen molar-refractivity contribution in [3.8, 4) is 11.5 Å². The third-order valence-corrected chi connectivity index (χ3v) is 3.64. The van der Waals surface area contributed by atoms with Crippen molar-refractivity contribution in [2.75, 3.05) is 27.9 Å². The minimum atomic E-state index is -4.90. The number of aryl methyl sites for hydroxylation is 1. The predicted octanol–water partition coefficient (Wildman–Crippen LogP) is 2.89. The van der Waals surface area contributed by atoms with Crippen molar-refractivity contribution in [3.05, 3.63) is 23.3 Å². The number of benzene rings is 1. The Morgan fingerprint density at radius 1 is 1.12 bits per heavy atom. The van der Waals surface area contributed by atoms with Crippen molar-refractivity contribution >= 4 is 5.91 Å². The number of halogens is 3. The molecule has 1 atom stereocenters. The second-order valence-corrected chi connectivity index (χ2v) is 5.65. The van der Waals surface area contributed by atoms with E-state index in [1.165, 1.54) is 21.1 Å². The molecule has 1 aromatic carbocycles. The molecule has 0 radical (unpaired) electrons.